The molecule has 2 bridgehead atoms. The summed E-state index contributed by atoms with van der Waals surface area (Å²) in [4.78, 5) is 7.12. The van der Waals surface area contributed by atoms with E-state index in [4.69, 9.17) is 4.42 Å². The van der Waals surface area contributed by atoms with Gasteiger partial charge >= 0.3 is 0 Å². The minimum Gasteiger partial charge on any atom is -0.444 e. The average Bonchev–Trinajstić information content (AvgIpc) is 3.14. The van der Waals surface area contributed by atoms with Crippen LogP contribution in [0.3, 0.4) is 0 Å². The molecule has 2 aromatic rings. The molecule has 0 amide bonds. The first kappa shape index (κ1) is 14.9. The number of nitrogens with one attached hydrogen (secondary N) is 1. The van der Waals surface area contributed by atoms with E-state index in [0.717, 1.165) is 35.8 Å². The molecule has 0 saturated carbocycles. The maximum atomic E-state index is 5.68. The first-order chi connectivity index (χ1) is 11.2. The van der Waals surface area contributed by atoms with Crippen molar-refractivity contribution in [3.8, 4) is 11.5 Å². The summed E-state index contributed by atoms with van der Waals surface area (Å²) in [6.07, 6.45) is 7.01. The van der Waals surface area contributed by atoms with Gasteiger partial charge in [-0.25, -0.2) is 4.98 Å². The Morgan fingerprint density at radius 2 is 1.87 bits per heavy atom. The summed E-state index contributed by atoms with van der Waals surface area (Å²) in [7, 11) is 2.22. The van der Waals surface area contributed by atoms with Crippen molar-refractivity contribution in [1.82, 2.24) is 15.2 Å². The lowest BCUT2D eigenvalue weighted by molar-refractivity contribution is 0.164. The van der Waals surface area contributed by atoms with Crippen molar-refractivity contribution in [3.63, 3.8) is 0 Å². The van der Waals surface area contributed by atoms with Crippen LogP contribution in [-0.4, -0.2) is 35.1 Å². The van der Waals surface area contributed by atoms with Gasteiger partial charge in [-0.15, -0.1) is 0 Å². The van der Waals surface area contributed by atoms with E-state index in [1.54, 1.807) is 6.26 Å². The van der Waals surface area contributed by atoms with Gasteiger partial charge in [-0.2, -0.15) is 0 Å². The fourth-order valence-corrected chi connectivity index (χ4v) is 3.98. The SMILES string of the molecule is Cc1ccc(-c2nc(CN(C)C3CC4CCC(C3)N4)co2)cc1. The van der Waals surface area contributed by atoms with Crippen molar-refractivity contribution < 1.29 is 4.42 Å². The van der Waals surface area contributed by atoms with Crippen molar-refractivity contribution in [2.24, 2.45) is 0 Å². The van der Waals surface area contributed by atoms with Crippen molar-refractivity contribution in [3.05, 3.63) is 41.8 Å². The molecule has 23 heavy (non-hydrogen) atoms. The Morgan fingerprint density at radius 3 is 2.57 bits per heavy atom. The van der Waals surface area contributed by atoms with Crippen LogP contribution in [0, 0.1) is 6.92 Å². The van der Waals surface area contributed by atoms with E-state index in [2.05, 4.69) is 53.4 Å². The number of nitrogens with zero attached hydrogens (tertiary/aromatic N) is 2. The van der Waals surface area contributed by atoms with Gasteiger partial charge in [0.25, 0.3) is 0 Å². The summed E-state index contributed by atoms with van der Waals surface area (Å²) >= 11 is 0. The van der Waals surface area contributed by atoms with Crippen LogP contribution in [0.25, 0.3) is 11.5 Å². The normalized spacial score (nSPS) is 26.8. The minimum absolute atomic E-state index is 0.660. The van der Waals surface area contributed by atoms with E-state index in [0.29, 0.717) is 6.04 Å². The highest BCUT2D eigenvalue weighted by atomic mass is 16.3. The molecule has 1 aromatic carbocycles. The van der Waals surface area contributed by atoms with Crippen LogP contribution in [0.2, 0.25) is 0 Å². The van der Waals surface area contributed by atoms with Crippen LogP contribution in [-0.2, 0) is 6.54 Å². The maximum absolute atomic E-state index is 5.68. The molecule has 2 saturated heterocycles. The number of hydrogen-bond acceptors (Lipinski definition) is 4. The summed E-state index contributed by atoms with van der Waals surface area (Å²) < 4.78 is 5.68. The topological polar surface area (TPSA) is 41.3 Å². The summed E-state index contributed by atoms with van der Waals surface area (Å²) in [5, 5.41) is 3.71. The molecular weight excluding hydrogens is 286 g/mol. The van der Waals surface area contributed by atoms with Gasteiger partial charge in [-0.1, -0.05) is 17.7 Å². The second-order valence-electron chi connectivity index (χ2n) is 7.19. The molecular formula is C19H25N3O. The highest BCUT2D eigenvalue weighted by molar-refractivity contribution is 5.53. The molecule has 3 heterocycles. The Morgan fingerprint density at radius 1 is 1.17 bits per heavy atom. The predicted molar refractivity (Wildman–Crippen MR) is 91.1 cm³/mol. The predicted octanol–water partition coefficient (Wildman–Crippen LogP) is 3.36. The van der Waals surface area contributed by atoms with E-state index >= 15 is 0 Å². The zero-order valence-corrected chi connectivity index (χ0v) is 14.0. The summed E-state index contributed by atoms with van der Waals surface area (Å²) in [6.45, 7) is 2.95. The summed E-state index contributed by atoms with van der Waals surface area (Å²) in [5.74, 6) is 0.721. The number of piperidine rings is 1. The van der Waals surface area contributed by atoms with E-state index in [1.807, 2.05) is 0 Å². The van der Waals surface area contributed by atoms with Gasteiger partial charge in [0.2, 0.25) is 5.89 Å². The number of aromatic nitrogens is 1. The summed E-state index contributed by atoms with van der Waals surface area (Å²) in [5.41, 5.74) is 3.32. The lowest BCUT2D eigenvalue weighted by Gasteiger charge is -2.35. The molecule has 2 atom stereocenters. The second-order valence-corrected chi connectivity index (χ2v) is 7.19. The quantitative estimate of drug-likeness (QED) is 0.940. The van der Waals surface area contributed by atoms with Crippen molar-refractivity contribution in [1.29, 1.82) is 0 Å². The Kier molecular flexibility index (Phi) is 3.95. The Hall–Kier alpha value is -1.65. The van der Waals surface area contributed by atoms with Gasteiger partial charge in [-0.3, -0.25) is 4.90 Å². The third-order valence-corrected chi connectivity index (χ3v) is 5.33. The van der Waals surface area contributed by atoms with Crippen LogP contribution in [0.5, 0.6) is 0 Å². The monoisotopic (exact) mass is 311 g/mol. The van der Waals surface area contributed by atoms with Crippen molar-refractivity contribution in [2.45, 2.75) is 57.3 Å². The largest absolute Gasteiger partial charge is 0.444 e. The first-order valence-electron chi connectivity index (χ1n) is 8.65. The fraction of sp³-hybridized carbons (Fsp3) is 0.526. The van der Waals surface area contributed by atoms with E-state index < -0.39 is 0 Å². The first-order valence-corrected chi connectivity index (χ1v) is 8.65. The van der Waals surface area contributed by atoms with Gasteiger partial charge in [0.1, 0.15) is 6.26 Å². The van der Waals surface area contributed by atoms with Crippen LogP contribution in [0.15, 0.2) is 34.9 Å². The standard InChI is InChI=1S/C19H25N3O/c1-13-3-5-14(6-4-13)19-21-17(12-23-19)11-22(2)18-9-15-7-8-16(10-18)20-15/h3-6,12,15-16,18,20H,7-11H2,1-2H3. The molecule has 122 valence electrons. The Labute approximate surface area is 137 Å². The Balaban J connectivity index is 1.42. The molecule has 4 nitrogen and oxygen atoms in total. The number of benzene rings is 1. The minimum atomic E-state index is 0.660. The van der Waals surface area contributed by atoms with Crippen LogP contribution in [0.1, 0.15) is 36.9 Å². The molecule has 2 aliphatic rings. The fourth-order valence-electron chi connectivity index (χ4n) is 3.98. The van der Waals surface area contributed by atoms with Gasteiger partial charge in [0.05, 0.1) is 5.69 Å². The Bertz CT molecular complexity index is 652. The number of aryl methyl sites for hydroxylation is 1. The van der Waals surface area contributed by atoms with E-state index in [-0.39, 0.29) is 0 Å². The summed E-state index contributed by atoms with van der Waals surface area (Å²) in [6, 6.07) is 10.4. The molecule has 2 aliphatic heterocycles. The number of rotatable bonds is 4. The average molecular weight is 311 g/mol. The van der Waals surface area contributed by atoms with E-state index in [1.165, 1.54) is 31.2 Å². The number of oxazole rings is 1. The number of fused-ring (bicyclic) bond motifs is 2. The van der Waals surface area contributed by atoms with Crippen LogP contribution in [0.4, 0.5) is 0 Å². The van der Waals surface area contributed by atoms with Crippen molar-refractivity contribution >= 4 is 0 Å². The number of hydrogen-bond donors (Lipinski definition) is 1. The zero-order chi connectivity index (χ0) is 15.8. The maximum Gasteiger partial charge on any atom is 0.226 e. The van der Waals surface area contributed by atoms with Gasteiger partial charge < -0.3 is 9.73 Å². The van der Waals surface area contributed by atoms with E-state index in [9.17, 15) is 0 Å². The molecule has 0 aliphatic carbocycles. The molecule has 0 spiro atoms. The highest BCUT2D eigenvalue weighted by Crippen LogP contribution is 2.30. The van der Waals surface area contributed by atoms with Crippen LogP contribution < -0.4 is 5.32 Å². The molecule has 2 unspecified atom stereocenters. The van der Waals surface area contributed by atoms with Crippen LogP contribution >= 0.6 is 0 Å². The third kappa shape index (κ3) is 3.19. The lowest BCUT2D eigenvalue weighted by atomic mass is 9.98. The molecule has 4 rings (SSSR count). The molecule has 4 heteroatoms. The van der Waals surface area contributed by atoms with Gasteiger partial charge in [0, 0.05) is 30.2 Å². The molecule has 1 N–H and O–H groups in total. The van der Waals surface area contributed by atoms with Crippen molar-refractivity contribution in [2.75, 3.05) is 7.05 Å². The zero-order valence-electron chi connectivity index (χ0n) is 14.0. The molecule has 0 radical (unpaired) electrons. The molecule has 1 aromatic heterocycles. The molecule has 2 fully saturated rings. The second kappa shape index (κ2) is 6.10. The van der Waals surface area contributed by atoms with Gasteiger partial charge in [-0.05, 0) is 51.8 Å². The highest BCUT2D eigenvalue weighted by Gasteiger charge is 2.35. The van der Waals surface area contributed by atoms with Gasteiger partial charge in [0.15, 0.2) is 0 Å². The lowest BCUT2D eigenvalue weighted by Crippen LogP contribution is -2.46. The third-order valence-electron chi connectivity index (χ3n) is 5.33. The smallest absolute Gasteiger partial charge is 0.226 e.